The summed E-state index contributed by atoms with van der Waals surface area (Å²) in [5, 5.41) is 10.3. The van der Waals surface area contributed by atoms with E-state index in [-0.39, 0.29) is 24.1 Å². The average Bonchev–Trinajstić information content (AvgIpc) is 2.17. The molecule has 0 radical (unpaired) electrons. The molecule has 78 valence electrons. The molecule has 0 bridgehead atoms. The fourth-order valence-corrected chi connectivity index (χ4v) is 0.979. The Morgan fingerprint density at radius 2 is 1.86 bits per heavy atom. The van der Waals surface area contributed by atoms with Gasteiger partial charge in [-0.15, -0.1) is 12.4 Å². The topological polar surface area (TPSA) is 95.2 Å². The van der Waals surface area contributed by atoms with Crippen molar-refractivity contribution < 1.29 is 4.92 Å². The summed E-state index contributed by atoms with van der Waals surface area (Å²) in [6.07, 6.45) is 0. The van der Waals surface area contributed by atoms with Crippen LogP contribution >= 0.6 is 12.4 Å². The van der Waals surface area contributed by atoms with Gasteiger partial charge in [-0.1, -0.05) is 12.1 Å². The lowest BCUT2D eigenvalue weighted by Gasteiger charge is -2.07. The molecular formula is C8H12ClN3O2. The monoisotopic (exact) mass is 217 g/mol. The summed E-state index contributed by atoms with van der Waals surface area (Å²) >= 11 is 0. The summed E-state index contributed by atoms with van der Waals surface area (Å²) in [6, 6.07) is 5.84. The number of nitro benzene ring substituents is 1. The Balaban J connectivity index is 0.00000169. The molecule has 1 aromatic rings. The Bertz CT molecular complexity index is 302. The highest BCUT2D eigenvalue weighted by Gasteiger charge is 2.07. The van der Waals surface area contributed by atoms with Crippen molar-refractivity contribution in [3.05, 3.63) is 39.9 Å². The summed E-state index contributed by atoms with van der Waals surface area (Å²) in [7, 11) is 0. The lowest BCUT2D eigenvalue weighted by Crippen LogP contribution is -2.20. The van der Waals surface area contributed by atoms with Gasteiger partial charge in [0.1, 0.15) is 0 Å². The zero-order valence-electron chi connectivity index (χ0n) is 7.42. The number of rotatable bonds is 3. The van der Waals surface area contributed by atoms with Gasteiger partial charge >= 0.3 is 0 Å². The minimum atomic E-state index is -0.447. The first-order chi connectivity index (χ1) is 6.15. The summed E-state index contributed by atoms with van der Waals surface area (Å²) in [5.74, 6) is 0. The van der Waals surface area contributed by atoms with Gasteiger partial charge in [0, 0.05) is 24.7 Å². The fourth-order valence-electron chi connectivity index (χ4n) is 0.979. The molecule has 0 unspecified atom stereocenters. The summed E-state index contributed by atoms with van der Waals surface area (Å²) < 4.78 is 0. The standard InChI is InChI=1S/C8H11N3O2.ClH/c9-5-8(10)6-1-3-7(4-2-6)11(12)13;/h1-4,8H,5,9-10H2;1H/t8-;/m0./s1. The van der Waals surface area contributed by atoms with E-state index in [0.717, 1.165) is 5.56 Å². The van der Waals surface area contributed by atoms with E-state index in [1.165, 1.54) is 12.1 Å². The number of nitro groups is 1. The molecule has 0 saturated carbocycles. The van der Waals surface area contributed by atoms with Gasteiger partial charge in [-0.3, -0.25) is 10.1 Å². The van der Waals surface area contributed by atoms with Crippen molar-refractivity contribution >= 4 is 18.1 Å². The molecule has 0 aliphatic carbocycles. The minimum absolute atomic E-state index is 0. The second-order valence-electron chi connectivity index (χ2n) is 2.69. The molecule has 1 atom stereocenters. The molecule has 1 rings (SSSR count). The van der Waals surface area contributed by atoms with Gasteiger partial charge in [0.25, 0.3) is 5.69 Å². The number of nitrogens with two attached hydrogens (primary N) is 2. The molecule has 14 heavy (non-hydrogen) atoms. The van der Waals surface area contributed by atoms with Crippen LogP contribution in [0.4, 0.5) is 5.69 Å². The Labute approximate surface area is 87.6 Å². The van der Waals surface area contributed by atoms with Gasteiger partial charge in [0.05, 0.1) is 4.92 Å². The lowest BCUT2D eigenvalue weighted by molar-refractivity contribution is -0.384. The van der Waals surface area contributed by atoms with E-state index in [1.54, 1.807) is 12.1 Å². The van der Waals surface area contributed by atoms with Gasteiger partial charge in [0.15, 0.2) is 0 Å². The van der Waals surface area contributed by atoms with Crippen molar-refractivity contribution in [1.82, 2.24) is 0 Å². The van der Waals surface area contributed by atoms with Crippen LogP contribution in [-0.4, -0.2) is 11.5 Å². The van der Waals surface area contributed by atoms with Crippen LogP contribution < -0.4 is 11.5 Å². The van der Waals surface area contributed by atoms with E-state index in [9.17, 15) is 10.1 Å². The Hall–Kier alpha value is -1.17. The van der Waals surface area contributed by atoms with Crippen molar-refractivity contribution in [2.45, 2.75) is 6.04 Å². The van der Waals surface area contributed by atoms with Gasteiger partial charge < -0.3 is 11.5 Å². The normalized spacial score (nSPS) is 11.6. The molecule has 4 N–H and O–H groups in total. The number of benzene rings is 1. The molecule has 0 spiro atoms. The Kier molecular flexibility index (Phi) is 5.07. The third-order valence-corrected chi connectivity index (χ3v) is 1.79. The van der Waals surface area contributed by atoms with E-state index in [1.807, 2.05) is 0 Å². The van der Waals surface area contributed by atoms with Crippen LogP contribution in [-0.2, 0) is 0 Å². The average molecular weight is 218 g/mol. The van der Waals surface area contributed by atoms with Gasteiger partial charge in [-0.25, -0.2) is 0 Å². The smallest absolute Gasteiger partial charge is 0.269 e. The number of non-ortho nitro benzene ring substituents is 1. The van der Waals surface area contributed by atoms with Crippen LogP contribution in [0.2, 0.25) is 0 Å². The predicted octanol–water partition coefficient (Wildman–Crippen LogP) is 0.975. The van der Waals surface area contributed by atoms with Crippen LogP contribution in [0.25, 0.3) is 0 Å². The zero-order chi connectivity index (χ0) is 9.84. The molecule has 6 heteroatoms. The van der Waals surface area contributed by atoms with Gasteiger partial charge in [0.2, 0.25) is 0 Å². The molecular weight excluding hydrogens is 206 g/mol. The highest BCUT2D eigenvalue weighted by molar-refractivity contribution is 5.85. The number of hydrogen-bond acceptors (Lipinski definition) is 4. The lowest BCUT2D eigenvalue weighted by atomic mass is 10.1. The number of halogens is 1. The summed E-state index contributed by atoms with van der Waals surface area (Å²) in [6.45, 7) is 0.331. The van der Waals surface area contributed by atoms with Crippen molar-refractivity contribution in [1.29, 1.82) is 0 Å². The first-order valence-corrected chi connectivity index (χ1v) is 3.85. The maximum absolute atomic E-state index is 10.3. The van der Waals surface area contributed by atoms with Crippen molar-refractivity contribution in [3.8, 4) is 0 Å². The first-order valence-electron chi connectivity index (χ1n) is 3.85. The quantitative estimate of drug-likeness (QED) is 0.583. The van der Waals surface area contributed by atoms with Crippen LogP contribution in [0.15, 0.2) is 24.3 Å². The maximum Gasteiger partial charge on any atom is 0.269 e. The molecule has 0 heterocycles. The second-order valence-corrected chi connectivity index (χ2v) is 2.69. The van der Waals surface area contributed by atoms with E-state index in [0.29, 0.717) is 6.54 Å². The number of nitrogens with zero attached hydrogens (tertiary/aromatic N) is 1. The molecule has 0 aromatic heterocycles. The molecule has 0 fully saturated rings. The van der Waals surface area contributed by atoms with Crippen LogP contribution in [0, 0.1) is 10.1 Å². The van der Waals surface area contributed by atoms with Crippen molar-refractivity contribution in [3.63, 3.8) is 0 Å². The second kappa shape index (κ2) is 5.54. The Morgan fingerprint density at radius 3 is 2.21 bits per heavy atom. The summed E-state index contributed by atoms with van der Waals surface area (Å²) in [4.78, 5) is 9.85. The van der Waals surface area contributed by atoms with Crippen LogP contribution in [0.3, 0.4) is 0 Å². The molecule has 1 aromatic carbocycles. The summed E-state index contributed by atoms with van der Waals surface area (Å²) in [5.41, 5.74) is 11.8. The van der Waals surface area contributed by atoms with Crippen LogP contribution in [0.1, 0.15) is 11.6 Å². The number of hydrogen-bond donors (Lipinski definition) is 2. The maximum atomic E-state index is 10.3. The largest absolute Gasteiger partial charge is 0.329 e. The third-order valence-electron chi connectivity index (χ3n) is 1.79. The van der Waals surface area contributed by atoms with E-state index >= 15 is 0 Å². The molecule has 5 nitrogen and oxygen atoms in total. The minimum Gasteiger partial charge on any atom is -0.329 e. The Morgan fingerprint density at radius 1 is 1.36 bits per heavy atom. The first kappa shape index (κ1) is 12.8. The third kappa shape index (κ3) is 2.95. The zero-order valence-corrected chi connectivity index (χ0v) is 8.24. The van der Waals surface area contributed by atoms with Crippen LogP contribution in [0.5, 0.6) is 0 Å². The van der Waals surface area contributed by atoms with Gasteiger partial charge in [-0.2, -0.15) is 0 Å². The van der Waals surface area contributed by atoms with Gasteiger partial charge in [-0.05, 0) is 5.56 Å². The fraction of sp³-hybridized carbons (Fsp3) is 0.250. The van der Waals surface area contributed by atoms with E-state index in [2.05, 4.69) is 0 Å². The van der Waals surface area contributed by atoms with Crippen molar-refractivity contribution in [2.75, 3.05) is 6.54 Å². The molecule has 0 saturated heterocycles. The predicted molar refractivity (Wildman–Crippen MR) is 56.3 cm³/mol. The molecule has 0 amide bonds. The van der Waals surface area contributed by atoms with E-state index < -0.39 is 4.92 Å². The van der Waals surface area contributed by atoms with E-state index in [4.69, 9.17) is 11.5 Å². The van der Waals surface area contributed by atoms with Crippen molar-refractivity contribution in [2.24, 2.45) is 11.5 Å². The highest BCUT2D eigenvalue weighted by Crippen LogP contribution is 2.15. The molecule has 0 aliphatic heterocycles. The SMILES string of the molecule is Cl.NC[C@H](N)c1ccc([N+](=O)[O-])cc1. The highest BCUT2D eigenvalue weighted by atomic mass is 35.5. The molecule has 0 aliphatic rings.